The molecule has 9 heteroatoms. The molecule has 1 fully saturated rings. The second kappa shape index (κ2) is 12.2. The van der Waals surface area contributed by atoms with Gasteiger partial charge in [0, 0.05) is 20.1 Å². The second-order valence-electron chi connectivity index (χ2n) is 7.93. The Balaban J connectivity index is 1.57. The summed E-state index contributed by atoms with van der Waals surface area (Å²) in [7, 11) is 1.60. The summed E-state index contributed by atoms with van der Waals surface area (Å²) in [6.45, 7) is 5.54. The number of oxazole rings is 1. The summed E-state index contributed by atoms with van der Waals surface area (Å²) >= 11 is 0. The summed E-state index contributed by atoms with van der Waals surface area (Å²) in [5, 5.41) is 2.90. The number of anilines is 1. The highest BCUT2D eigenvalue weighted by atomic mass is 16.5. The quantitative estimate of drug-likeness (QED) is 0.424. The predicted octanol–water partition coefficient (Wildman–Crippen LogP) is 3.71. The summed E-state index contributed by atoms with van der Waals surface area (Å²) < 4.78 is 22.1. The third-order valence-electron chi connectivity index (χ3n) is 5.58. The number of esters is 1. The van der Waals surface area contributed by atoms with Crippen molar-refractivity contribution in [2.45, 2.75) is 58.3 Å². The van der Waals surface area contributed by atoms with E-state index in [1.54, 1.807) is 7.11 Å². The van der Waals surface area contributed by atoms with Crippen LogP contribution in [-0.4, -0.2) is 56.0 Å². The van der Waals surface area contributed by atoms with Crippen LogP contribution in [0.1, 0.15) is 54.9 Å². The van der Waals surface area contributed by atoms with Gasteiger partial charge in [-0.2, -0.15) is 4.98 Å². The molecule has 1 aliphatic rings. The first-order valence-corrected chi connectivity index (χ1v) is 11.5. The number of methoxy groups -OCH3 is 1. The van der Waals surface area contributed by atoms with Crippen LogP contribution < -0.4 is 10.2 Å². The standard InChI is InChI=1S/C24H33N3O6/c1-4-6-14-31-22(28)21-19(5-2)33-23(26-21)27-13-12-18(20(15-27)30-3)25-24(29)32-16-17-10-8-7-9-11-17/h7-11,18,20H,4-6,12-16H2,1-3H3,(H,25,29). The molecule has 0 saturated carbocycles. The molecule has 2 unspecified atom stereocenters. The number of amides is 1. The smallest absolute Gasteiger partial charge is 0.407 e. The van der Waals surface area contributed by atoms with Crippen LogP contribution in [-0.2, 0) is 27.2 Å². The Hall–Kier alpha value is -3.07. The monoisotopic (exact) mass is 459 g/mol. The number of aryl methyl sites for hydroxylation is 1. The van der Waals surface area contributed by atoms with Gasteiger partial charge in [0.15, 0.2) is 5.69 Å². The van der Waals surface area contributed by atoms with E-state index in [9.17, 15) is 9.59 Å². The van der Waals surface area contributed by atoms with Gasteiger partial charge in [-0.1, -0.05) is 50.6 Å². The van der Waals surface area contributed by atoms with Crippen molar-refractivity contribution < 1.29 is 28.2 Å². The van der Waals surface area contributed by atoms with Crippen molar-refractivity contribution in [2.24, 2.45) is 0 Å². The van der Waals surface area contributed by atoms with E-state index in [4.69, 9.17) is 18.6 Å². The number of rotatable bonds is 10. The number of nitrogens with zero attached hydrogens (tertiary/aromatic N) is 2. The van der Waals surface area contributed by atoms with Gasteiger partial charge in [-0.25, -0.2) is 9.59 Å². The number of hydrogen-bond donors (Lipinski definition) is 1. The minimum Gasteiger partial charge on any atom is -0.461 e. The normalized spacial score (nSPS) is 18.1. The molecule has 0 radical (unpaired) electrons. The highest BCUT2D eigenvalue weighted by Gasteiger charge is 2.34. The number of unbranched alkanes of at least 4 members (excludes halogenated alkanes) is 1. The van der Waals surface area contributed by atoms with E-state index in [-0.39, 0.29) is 24.4 Å². The lowest BCUT2D eigenvalue weighted by molar-refractivity contribution is 0.0490. The van der Waals surface area contributed by atoms with E-state index in [0.717, 1.165) is 18.4 Å². The van der Waals surface area contributed by atoms with Crippen LogP contribution in [0.2, 0.25) is 0 Å². The third kappa shape index (κ3) is 6.71. The third-order valence-corrected chi connectivity index (χ3v) is 5.58. The number of nitrogens with one attached hydrogen (secondary N) is 1. The van der Waals surface area contributed by atoms with Crippen LogP contribution >= 0.6 is 0 Å². The molecule has 2 heterocycles. The molecule has 0 spiro atoms. The molecule has 2 aromatic rings. The van der Waals surface area contributed by atoms with Gasteiger partial charge in [0.25, 0.3) is 6.01 Å². The minimum atomic E-state index is -0.485. The number of carbonyl (C=O) groups excluding carboxylic acids is 2. The second-order valence-corrected chi connectivity index (χ2v) is 7.93. The fraction of sp³-hybridized carbons (Fsp3) is 0.542. The molecule has 3 rings (SSSR count). The average Bonchev–Trinajstić information content (AvgIpc) is 3.28. The van der Waals surface area contributed by atoms with Gasteiger partial charge in [0.05, 0.1) is 25.3 Å². The zero-order valence-electron chi connectivity index (χ0n) is 19.5. The Labute approximate surface area is 194 Å². The lowest BCUT2D eigenvalue weighted by atomic mass is 10.0. The summed E-state index contributed by atoms with van der Waals surface area (Å²) in [6, 6.07) is 9.66. The maximum atomic E-state index is 12.4. The maximum absolute atomic E-state index is 12.4. The fourth-order valence-corrected chi connectivity index (χ4v) is 3.66. The molecular formula is C24H33N3O6. The number of piperidine rings is 1. The van der Waals surface area contributed by atoms with Crippen molar-refractivity contribution in [3.8, 4) is 0 Å². The first-order valence-electron chi connectivity index (χ1n) is 11.5. The molecule has 1 N–H and O–H groups in total. The van der Waals surface area contributed by atoms with Crippen molar-refractivity contribution in [1.82, 2.24) is 10.3 Å². The summed E-state index contributed by atoms with van der Waals surface area (Å²) in [5.74, 6) is 0.0431. The summed E-state index contributed by atoms with van der Waals surface area (Å²) in [6.07, 6.45) is 2.12. The van der Waals surface area contributed by atoms with Crippen molar-refractivity contribution >= 4 is 18.1 Å². The molecular weight excluding hydrogens is 426 g/mol. The highest BCUT2D eigenvalue weighted by Crippen LogP contribution is 2.25. The Morgan fingerprint density at radius 2 is 2.00 bits per heavy atom. The zero-order valence-corrected chi connectivity index (χ0v) is 19.5. The summed E-state index contributed by atoms with van der Waals surface area (Å²) in [4.78, 5) is 31.0. The molecule has 33 heavy (non-hydrogen) atoms. The number of hydrogen-bond acceptors (Lipinski definition) is 8. The SMILES string of the molecule is CCCCOC(=O)c1nc(N2CCC(NC(=O)OCc3ccccc3)C(OC)C2)oc1CC. The Morgan fingerprint density at radius 1 is 1.21 bits per heavy atom. The molecule has 0 aliphatic carbocycles. The van der Waals surface area contributed by atoms with Gasteiger partial charge in [-0.05, 0) is 18.4 Å². The number of alkyl carbamates (subject to hydrolysis) is 1. The van der Waals surface area contributed by atoms with E-state index in [0.29, 0.717) is 44.3 Å². The number of carbonyl (C=O) groups is 2. The number of benzene rings is 1. The van der Waals surface area contributed by atoms with Crippen LogP contribution in [0.25, 0.3) is 0 Å². The van der Waals surface area contributed by atoms with E-state index < -0.39 is 12.1 Å². The predicted molar refractivity (Wildman–Crippen MR) is 122 cm³/mol. The van der Waals surface area contributed by atoms with Gasteiger partial charge in [0.2, 0.25) is 0 Å². The molecule has 9 nitrogen and oxygen atoms in total. The van der Waals surface area contributed by atoms with Crippen molar-refractivity contribution in [1.29, 1.82) is 0 Å². The lowest BCUT2D eigenvalue weighted by Gasteiger charge is -2.37. The molecule has 2 atom stereocenters. The van der Waals surface area contributed by atoms with E-state index >= 15 is 0 Å². The maximum Gasteiger partial charge on any atom is 0.407 e. The van der Waals surface area contributed by atoms with Crippen LogP contribution in [0.4, 0.5) is 10.8 Å². The van der Waals surface area contributed by atoms with Gasteiger partial charge in [-0.3, -0.25) is 0 Å². The van der Waals surface area contributed by atoms with E-state index in [1.807, 2.05) is 49.1 Å². The van der Waals surface area contributed by atoms with Crippen LogP contribution in [0.5, 0.6) is 0 Å². The van der Waals surface area contributed by atoms with Gasteiger partial charge in [0.1, 0.15) is 12.4 Å². The van der Waals surface area contributed by atoms with Crippen LogP contribution in [0, 0.1) is 0 Å². The Kier molecular flexibility index (Phi) is 9.12. The topological polar surface area (TPSA) is 103 Å². The minimum absolute atomic E-state index is 0.205. The van der Waals surface area contributed by atoms with Crippen LogP contribution in [0.3, 0.4) is 0 Å². The van der Waals surface area contributed by atoms with Crippen molar-refractivity contribution in [3.63, 3.8) is 0 Å². The van der Waals surface area contributed by atoms with E-state index in [2.05, 4.69) is 10.3 Å². The number of aromatic nitrogens is 1. The van der Waals surface area contributed by atoms with Gasteiger partial charge >= 0.3 is 12.1 Å². The molecule has 1 saturated heterocycles. The molecule has 1 aromatic heterocycles. The molecule has 1 aliphatic heterocycles. The lowest BCUT2D eigenvalue weighted by Crippen LogP contribution is -2.55. The molecule has 180 valence electrons. The van der Waals surface area contributed by atoms with Gasteiger partial charge in [-0.15, -0.1) is 0 Å². The highest BCUT2D eigenvalue weighted by molar-refractivity contribution is 5.88. The largest absolute Gasteiger partial charge is 0.461 e. The Morgan fingerprint density at radius 3 is 2.70 bits per heavy atom. The van der Waals surface area contributed by atoms with E-state index in [1.165, 1.54) is 0 Å². The first-order chi connectivity index (χ1) is 16.0. The van der Waals surface area contributed by atoms with Crippen molar-refractivity contribution in [3.05, 3.63) is 47.3 Å². The van der Waals surface area contributed by atoms with Crippen molar-refractivity contribution in [2.75, 3.05) is 31.7 Å². The zero-order chi connectivity index (χ0) is 23.6. The van der Waals surface area contributed by atoms with Crippen LogP contribution in [0.15, 0.2) is 34.7 Å². The first kappa shape index (κ1) is 24.6. The molecule has 0 bridgehead atoms. The molecule has 1 amide bonds. The number of ether oxygens (including phenoxy) is 3. The fourth-order valence-electron chi connectivity index (χ4n) is 3.66. The Bertz CT molecular complexity index is 901. The summed E-state index contributed by atoms with van der Waals surface area (Å²) in [5.41, 5.74) is 1.15. The molecule has 1 aromatic carbocycles. The average molecular weight is 460 g/mol. The van der Waals surface area contributed by atoms with Gasteiger partial charge < -0.3 is 28.8 Å².